The van der Waals surface area contributed by atoms with E-state index in [0.29, 0.717) is 17.3 Å². The minimum absolute atomic E-state index is 0.274. The summed E-state index contributed by atoms with van der Waals surface area (Å²) in [5.74, 6) is -0.362. The summed E-state index contributed by atoms with van der Waals surface area (Å²) in [6, 6.07) is 4.83. The lowest BCUT2D eigenvalue weighted by Gasteiger charge is -2.14. The number of likely N-dealkylation sites (tertiary alicyclic amines) is 1. The van der Waals surface area contributed by atoms with Crippen LogP contribution in [0.2, 0.25) is 0 Å². The van der Waals surface area contributed by atoms with Crippen LogP contribution < -0.4 is 11.1 Å². The number of hydrogen-bond donors (Lipinski definition) is 3. The molecule has 4 N–H and O–H groups in total. The molecule has 2 rings (SSSR count). The monoisotopic (exact) mass is 249 g/mol. The third kappa shape index (κ3) is 2.92. The predicted octanol–water partition coefficient (Wildman–Crippen LogP) is 1.33. The van der Waals surface area contributed by atoms with Crippen LogP contribution in [0.3, 0.4) is 0 Å². The molecule has 0 aromatic heterocycles. The molecule has 0 radical (unpaired) electrons. The highest BCUT2D eigenvalue weighted by Crippen LogP contribution is 2.21. The molecule has 0 bridgehead atoms. The Balaban J connectivity index is 2.04. The summed E-state index contributed by atoms with van der Waals surface area (Å²) < 4.78 is 0. The van der Waals surface area contributed by atoms with Crippen molar-refractivity contribution in [1.29, 1.82) is 0 Å². The minimum atomic E-state index is -0.930. The molecule has 1 heterocycles. The normalized spacial score (nSPS) is 19.9. The van der Waals surface area contributed by atoms with Crippen LogP contribution in [-0.2, 0) is 0 Å². The minimum Gasteiger partial charge on any atom is -0.478 e. The molecule has 18 heavy (non-hydrogen) atoms. The largest absolute Gasteiger partial charge is 0.478 e. The summed E-state index contributed by atoms with van der Waals surface area (Å²) in [5, 5.41) is 12.3. The maximum absolute atomic E-state index is 11.1. The first kappa shape index (κ1) is 12.7. The summed E-state index contributed by atoms with van der Waals surface area (Å²) in [6.07, 6.45) is 1.15. The third-order valence-electron chi connectivity index (χ3n) is 3.34. The van der Waals surface area contributed by atoms with Gasteiger partial charge in [-0.25, -0.2) is 4.79 Å². The van der Waals surface area contributed by atoms with Crippen LogP contribution in [0.5, 0.6) is 0 Å². The lowest BCUT2D eigenvalue weighted by atomic mass is 10.1. The number of anilines is 2. The van der Waals surface area contributed by atoms with Gasteiger partial charge in [0.25, 0.3) is 0 Å². The summed E-state index contributed by atoms with van der Waals surface area (Å²) in [5.41, 5.74) is 7.15. The highest BCUT2D eigenvalue weighted by molar-refractivity contribution is 5.95. The Kier molecular flexibility index (Phi) is 3.72. The summed E-state index contributed by atoms with van der Waals surface area (Å²) in [7, 11) is 2.10. The van der Waals surface area contributed by atoms with Crippen molar-refractivity contribution in [3.63, 3.8) is 0 Å². The number of nitrogens with zero attached hydrogens (tertiary/aromatic N) is 1. The Morgan fingerprint density at radius 2 is 2.39 bits per heavy atom. The standard InChI is InChI=1S/C13H19N3O2/c1-16-5-4-9(8-16)7-15-12-6-10(14)2-3-11(12)13(17)18/h2-3,6,9,15H,4-5,7-8,14H2,1H3,(H,17,18). The Labute approximate surface area is 107 Å². The van der Waals surface area contributed by atoms with Gasteiger partial charge in [-0.1, -0.05) is 0 Å². The van der Waals surface area contributed by atoms with Gasteiger partial charge in [-0.2, -0.15) is 0 Å². The second-order valence-electron chi connectivity index (χ2n) is 4.91. The van der Waals surface area contributed by atoms with E-state index in [1.54, 1.807) is 18.2 Å². The quantitative estimate of drug-likeness (QED) is 0.702. The van der Waals surface area contributed by atoms with E-state index in [-0.39, 0.29) is 5.56 Å². The maximum Gasteiger partial charge on any atom is 0.337 e. The fraction of sp³-hybridized carbons (Fsp3) is 0.462. The van der Waals surface area contributed by atoms with Gasteiger partial charge < -0.3 is 21.1 Å². The van der Waals surface area contributed by atoms with Gasteiger partial charge in [-0.3, -0.25) is 0 Å². The Bertz CT molecular complexity index is 448. The highest BCUT2D eigenvalue weighted by atomic mass is 16.4. The van der Waals surface area contributed by atoms with Gasteiger partial charge in [-0.05, 0) is 44.1 Å². The van der Waals surface area contributed by atoms with Crippen LogP contribution in [0, 0.1) is 5.92 Å². The number of aromatic carboxylic acids is 1. The predicted molar refractivity (Wildman–Crippen MR) is 71.9 cm³/mol. The summed E-state index contributed by atoms with van der Waals surface area (Å²) >= 11 is 0. The number of hydrogen-bond acceptors (Lipinski definition) is 4. The van der Waals surface area contributed by atoms with Gasteiger partial charge >= 0.3 is 5.97 Å². The summed E-state index contributed by atoms with van der Waals surface area (Å²) in [4.78, 5) is 13.4. The number of nitrogens with two attached hydrogens (primary N) is 1. The van der Waals surface area contributed by atoms with E-state index >= 15 is 0 Å². The molecule has 1 aliphatic heterocycles. The lowest BCUT2D eigenvalue weighted by molar-refractivity contribution is 0.0698. The molecular weight excluding hydrogens is 230 g/mol. The molecule has 1 saturated heterocycles. The molecule has 1 aliphatic rings. The average molecular weight is 249 g/mol. The van der Waals surface area contributed by atoms with Crippen LogP contribution in [0.25, 0.3) is 0 Å². The topological polar surface area (TPSA) is 78.6 Å². The molecular formula is C13H19N3O2. The number of carboxylic acid groups (broad SMARTS) is 1. The molecule has 1 atom stereocenters. The van der Waals surface area contributed by atoms with E-state index < -0.39 is 5.97 Å². The Morgan fingerprint density at radius 1 is 1.61 bits per heavy atom. The fourth-order valence-corrected chi connectivity index (χ4v) is 2.34. The fourth-order valence-electron chi connectivity index (χ4n) is 2.34. The van der Waals surface area contributed by atoms with Gasteiger partial charge in [0, 0.05) is 18.8 Å². The number of nitrogens with one attached hydrogen (secondary N) is 1. The molecule has 98 valence electrons. The molecule has 0 saturated carbocycles. The first-order valence-corrected chi connectivity index (χ1v) is 6.11. The van der Waals surface area contributed by atoms with Crippen molar-refractivity contribution in [2.24, 2.45) is 5.92 Å². The third-order valence-corrected chi connectivity index (χ3v) is 3.34. The molecule has 1 aromatic carbocycles. The van der Waals surface area contributed by atoms with E-state index in [1.807, 2.05) is 0 Å². The van der Waals surface area contributed by atoms with Gasteiger partial charge in [-0.15, -0.1) is 0 Å². The maximum atomic E-state index is 11.1. The number of benzene rings is 1. The van der Waals surface area contributed by atoms with Crippen molar-refractivity contribution < 1.29 is 9.90 Å². The van der Waals surface area contributed by atoms with Crippen LogP contribution in [-0.4, -0.2) is 42.7 Å². The molecule has 0 amide bonds. The number of carbonyl (C=O) groups is 1. The number of rotatable bonds is 4. The van der Waals surface area contributed by atoms with Crippen LogP contribution in [0.15, 0.2) is 18.2 Å². The average Bonchev–Trinajstić information content (AvgIpc) is 2.72. The van der Waals surface area contributed by atoms with Gasteiger partial charge in [0.1, 0.15) is 0 Å². The lowest BCUT2D eigenvalue weighted by Crippen LogP contribution is -2.20. The van der Waals surface area contributed by atoms with Crippen molar-refractivity contribution in [3.05, 3.63) is 23.8 Å². The van der Waals surface area contributed by atoms with E-state index in [1.165, 1.54) is 0 Å². The van der Waals surface area contributed by atoms with Crippen LogP contribution in [0.4, 0.5) is 11.4 Å². The van der Waals surface area contributed by atoms with E-state index in [0.717, 1.165) is 26.1 Å². The first-order valence-electron chi connectivity index (χ1n) is 6.11. The molecule has 0 spiro atoms. The smallest absolute Gasteiger partial charge is 0.337 e. The SMILES string of the molecule is CN1CCC(CNc2cc(N)ccc2C(=O)O)C1. The highest BCUT2D eigenvalue weighted by Gasteiger charge is 2.19. The van der Waals surface area contributed by atoms with Crippen LogP contribution >= 0.6 is 0 Å². The zero-order valence-electron chi connectivity index (χ0n) is 10.5. The second kappa shape index (κ2) is 5.27. The molecule has 1 aromatic rings. The van der Waals surface area contributed by atoms with Crippen LogP contribution in [0.1, 0.15) is 16.8 Å². The van der Waals surface area contributed by atoms with E-state index in [4.69, 9.17) is 10.8 Å². The van der Waals surface area contributed by atoms with E-state index in [2.05, 4.69) is 17.3 Å². The van der Waals surface area contributed by atoms with Gasteiger partial charge in [0.05, 0.1) is 11.3 Å². The van der Waals surface area contributed by atoms with Crippen molar-refractivity contribution >= 4 is 17.3 Å². The Hall–Kier alpha value is -1.75. The second-order valence-corrected chi connectivity index (χ2v) is 4.91. The van der Waals surface area contributed by atoms with Crippen molar-refractivity contribution in [1.82, 2.24) is 4.90 Å². The van der Waals surface area contributed by atoms with Gasteiger partial charge in [0.2, 0.25) is 0 Å². The number of carboxylic acids is 1. The first-order chi connectivity index (χ1) is 8.56. The zero-order valence-corrected chi connectivity index (χ0v) is 10.5. The molecule has 1 fully saturated rings. The van der Waals surface area contributed by atoms with Crippen molar-refractivity contribution in [2.45, 2.75) is 6.42 Å². The van der Waals surface area contributed by atoms with Gasteiger partial charge in [0.15, 0.2) is 0 Å². The molecule has 5 nitrogen and oxygen atoms in total. The molecule has 0 aliphatic carbocycles. The molecule has 1 unspecified atom stereocenters. The molecule has 5 heteroatoms. The van der Waals surface area contributed by atoms with Crippen molar-refractivity contribution in [3.8, 4) is 0 Å². The summed E-state index contributed by atoms with van der Waals surface area (Å²) in [6.45, 7) is 2.95. The van der Waals surface area contributed by atoms with E-state index in [9.17, 15) is 4.79 Å². The Morgan fingerprint density at radius 3 is 3.00 bits per heavy atom. The number of nitrogen functional groups attached to an aromatic ring is 1. The van der Waals surface area contributed by atoms with Crippen molar-refractivity contribution in [2.75, 3.05) is 37.7 Å². The zero-order chi connectivity index (χ0) is 13.1.